The lowest BCUT2D eigenvalue weighted by atomic mass is 10.1. The molecule has 0 aliphatic heterocycles. The lowest BCUT2D eigenvalue weighted by Gasteiger charge is -2.02. The Balaban J connectivity index is 2.32. The second kappa shape index (κ2) is 5.25. The van der Waals surface area contributed by atoms with Gasteiger partial charge in [-0.1, -0.05) is 11.6 Å². The van der Waals surface area contributed by atoms with Gasteiger partial charge in [0, 0.05) is 18.4 Å². The summed E-state index contributed by atoms with van der Waals surface area (Å²) in [6.45, 7) is 0.317. The summed E-state index contributed by atoms with van der Waals surface area (Å²) in [6, 6.07) is 8.04. The quantitative estimate of drug-likeness (QED) is 0.682. The highest BCUT2D eigenvalue weighted by molar-refractivity contribution is 6.34. The van der Waals surface area contributed by atoms with E-state index >= 15 is 0 Å². The van der Waals surface area contributed by atoms with Crippen LogP contribution in [0.15, 0.2) is 34.7 Å². The average molecular weight is 266 g/mol. The highest BCUT2D eigenvalue weighted by atomic mass is 35.5. The summed E-state index contributed by atoms with van der Waals surface area (Å²) in [6.07, 6.45) is 0. The Hall–Kier alpha value is -1.78. The molecule has 18 heavy (non-hydrogen) atoms. The van der Waals surface area contributed by atoms with Gasteiger partial charge in [0.15, 0.2) is 5.76 Å². The maximum atomic E-state index is 12.2. The third-order valence-electron chi connectivity index (χ3n) is 2.41. The van der Waals surface area contributed by atoms with Crippen molar-refractivity contribution in [3.05, 3.63) is 52.4 Å². The molecule has 0 saturated heterocycles. The fraction of sp³-hybridized carbons (Fsp3) is 0.154. The van der Waals surface area contributed by atoms with Crippen LogP contribution in [0, 0.1) is 0 Å². The van der Waals surface area contributed by atoms with E-state index in [4.69, 9.17) is 26.5 Å². The summed E-state index contributed by atoms with van der Waals surface area (Å²) in [7, 11) is 1.55. The van der Waals surface area contributed by atoms with Crippen LogP contribution in [-0.2, 0) is 11.3 Å². The standard InChI is InChI=1S/C13H12ClNO3/c1-17-7-9-3-5-12(18-9)13(16)10-6-8(15)2-4-11(10)14/h2-6H,7,15H2,1H3. The summed E-state index contributed by atoms with van der Waals surface area (Å²) in [5.74, 6) is 0.505. The van der Waals surface area contributed by atoms with E-state index < -0.39 is 0 Å². The first-order chi connectivity index (χ1) is 8.61. The number of hydrogen-bond donors (Lipinski definition) is 1. The maximum Gasteiger partial charge on any atom is 0.229 e. The Morgan fingerprint density at radius 1 is 1.39 bits per heavy atom. The van der Waals surface area contributed by atoms with Crippen LogP contribution in [0.4, 0.5) is 5.69 Å². The largest absolute Gasteiger partial charge is 0.455 e. The average Bonchev–Trinajstić information content (AvgIpc) is 2.80. The Labute approximate surface area is 109 Å². The van der Waals surface area contributed by atoms with E-state index in [2.05, 4.69) is 0 Å². The lowest BCUT2D eigenvalue weighted by Crippen LogP contribution is -2.02. The van der Waals surface area contributed by atoms with Crippen LogP contribution in [0.1, 0.15) is 21.9 Å². The third-order valence-corrected chi connectivity index (χ3v) is 2.74. The number of furan rings is 1. The molecule has 0 unspecified atom stereocenters. The molecule has 0 aliphatic carbocycles. The van der Waals surface area contributed by atoms with Crippen molar-refractivity contribution in [1.82, 2.24) is 0 Å². The second-order valence-corrected chi connectivity index (χ2v) is 4.17. The first-order valence-corrected chi connectivity index (χ1v) is 5.67. The molecular weight excluding hydrogens is 254 g/mol. The van der Waals surface area contributed by atoms with Crippen LogP contribution in [0.2, 0.25) is 5.02 Å². The topological polar surface area (TPSA) is 65.5 Å². The molecule has 2 N–H and O–H groups in total. The summed E-state index contributed by atoms with van der Waals surface area (Å²) >= 11 is 5.97. The van der Waals surface area contributed by atoms with Crippen LogP contribution < -0.4 is 5.73 Å². The zero-order valence-electron chi connectivity index (χ0n) is 9.77. The van der Waals surface area contributed by atoms with Crippen molar-refractivity contribution in [3.8, 4) is 0 Å². The molecule has 0 bridgehead atoms. The number of nitrogen functional groups attached to an aromatic ring is 1. The number of halogens is 1. The molecular formula is C13H12ClNO3. The number of rotatable bonds is 4. The molecule has 0 atom stereocenters. The number of methoxy groups -OCH3 is 1. The molecule has 0 spiro atoms. The molecule has 2 aromatic rings. The van der Waals surface area contributed by atoms with Gasteiger partial charge in [0.25, 0.3) is 0 Å². The first kappa shape index (κ1) is 12.7. The number of ketones is 1. The van der Waals surface area contributed by atoms with E-state index in [1.165, 1.54) is 6.07 Å². The molecule has 94 valence electrons. The van der Waals surface area contributed by atoms with E-state index in [0.717, 1.165) is 0 Å². The van der Waals surface area contributed by atoms with Gasteiger partial charge < -0.3 is 14.9 Å². The highest BCUT2D eigenvalue weighted by Crippen LogP contribution is 2.23. The predicted octanol–water partition coefficient (Wildman–Crippen LogP) is 2.89. The fourth-order valence-corrected chi connectivity index (χ4v) is 1.77. The van der Waals surface area contributed by atoms with Gasteiger partial charge in [-0.15, -0.1) is 0 Å². The van der Waals surface area contributed by atoms with Crippen LogP contribution in [-0.4, -0.2) is 12.9 Å². The van der Waals surface area contributed by atoms with Crippen molar-refractivity contribution in [2.24, 2.45) is 0 Å². The molecule has 1 aromatic heterocycles. The van der Waals surface area contributed by atoms with Crippen molar-refractivity contribution >= 4 is 23.1 Å². The number of nitrogens with two attached hydrogens (primary N) is 1. The van der Waals surface area contributed by atoms with Gasteiger partial charge in [0.05, 0.1) is 5.02 Å². The van der Waals surface area contributed by atoms with Gasteiger partial charge in [-0.05, 0) is 30.3 Å². The fourth-order valence-electron chi connectivity index (χ4n) is 1.57. The normalized spacial score (nSPS) is 10.6. The molecule has 0 aliphatic rings. The first-order valence-electron chi connectivity index (χ1n) is 5.29. The number of anilines is 1. The van der Waals surface area contributed by atoms with E-state index in [1.807, 2.05) is 0 Å². The van der Waals surface area contributed by atoms with Crippen molar-refractivity contribution in [1.29, 1.82) is 0 Å². The molecule has 1 aromatic carbocycles. The van der Waals surface area contributed by atoms with E-state index in [-0.39, 0.29) is 11.5 Å². The molecule has 0 saturated carbocycles. The van der Waals surface area contributed by atoms with Crippen molar-refractivity contribution in [2.75, 3.05) is 12.8 Å². The Morgan fingerprint density at radius 3 is 2.89 bits per heavy atom. The number of carbonyl (C=O) groups is 1. The molecule has 5 heteroatoms. The van der Waals surface area contributed by atoms with Crippen LogP contribution in [0.3, 0.4) is 0 Å². The van der Waals surface area contributed by atoms with E-state index in [9.17, 15) is 4.79 Å². The molecule has 0 radical (unpaired) electrons. The predicted molar refractivity (Wildman–Crippen MR) is 68.7 cm³/mol. The number of benzene rings is 1. The maximum absolute atomic E-state index is 12.2. The second-order valence-electron chi connectivity index (χ2n) is 3.77. The van der Waals surface area contributed by atoms with Crippen molar-refractivity contribution < 1.29 is 13.9 Å². The minimum atomic E-state index is -0.297. The van der Waals surface area contributed by atoms with Crippen LogP contribution in [0.5, 0.6) is 0 Å². The smallest absolute Gasteiger partial charge is 0.229 e. The Kier molecular flexibility index (Phi) is 3.69. The molecule has 4 nitrogen and oxygen atoms in total. The van der Waals surface area contributed by atoms with Gasteiger partial charge in [0.1, 0.15) is 12.4 Å². The molecule has 2 rings (SSSR count). The van der Waals surface area contributed by atoms with Gasteiger partial charge in [-0.2, -0.15) is 0 Å². The summed E-state index contributed by atoms with van der Waals surface area (Å²) in [4.78, 5) is 12.2. The number of hydrogen-bond acceptors (Lipinski definition) is 4. The number of ether oxygens (including phenoxy) is 1. The summed E-state index contributed by atoms with van der Waals surface area (Å²) in [5.41, 5.74) is 6.44. The van der Waals surface area contributed by atoms with Crippen molar-refractivity contribution in [2.45, 2.75) is 6.61 Å². The Bertz CT molecular complexity index is 577. The van der Waals surface area contributed by atoms with Crippen molar-refractivity contribution in [3.63, 3.8) is 0 Å². The zero-order valence-corrected chi connectivity index (χ0v) is 10.5. The van der Waals surface area contributed by atoms with Crippen LogP contribution >= 0.6 is 11.6 Å². The van der Waals surface area contributed by atoms with Gasteiger partial charge in [0.2, 0.25) is 5.78 Å². The monoisotopic (exact) mass is 265 g/mol. The summed E-state index contributed by atoms with van der Waals surface area (Å²) in [5, 5.41) is 0.346. The van der Waals surface area contributed by atoms with Crippen LogP contribution in [0.25, 0.3) is 0 Å². The van der Waals surface area contributed by atoms with E-state index in [0.29, 0.717) is 28.6 Å². The third kappa shape index (κ3) is 2.55. The molecule has 0 fully saturated rings. The minimum absolute atomic E-state index is 0.217. The minimum Gasteiger partial charge on any atom is -0.455 e. The van der Waals surface area contributed by atoms with Gasteiger partial charge in [-0.3, -0.25) is 4.79 Å². The van der Waals surface area contributed by atoms with E-state index in [1.54, 1.807) is 31.4 Å². The zero-order chi connectivity index (χ0) is 13.1. The number of carbonyl (C=O) groups excluding carboxylic acids is 1. The molecule has 1 heterocycles. The Morgan fingerprint density at radius 2 is 2.17 bits per heavy atom. The summed E-state index contributed by atoms with van der Waals surface area (Å²) < 4.78 is 10.3. The van der Waals surface area contributed by atoms with Gasteiger partial charge in [-0.25, -0.2) is 0 Å². The molecule has 0 amide bonds. The SMILES string of the molecule is COCc1ccc(C(=O)c2cc(N)ccc2Cl)o1. The van der Waals surface area contributed by atoms with Gasteiger partial charge >= 0.3 is 0 Å². The lowest BCUT2D eigenvalue weighted by molar-refractivity contribution is 0.1000. The highest BCUT2D eigenvalue weighted by Gasteiger charge is 2.17.